The Morgan fingerprint density at radius 1 is 1.28 bits per heavy atom. The summed E-state index contributed by atoms with van der Waals surface area (Å²) in [5.41, 5.74) is 2.28. The standard InChI is InChI=1S/C18H25ClN4O2/c1-22-14-21-13-16(22)12-20-11-15-2-3-18(17(19)10-15)25-9-6-23-4-7-24-8-5-23/h2-3,10,13-14,20H,4-9,11-12H2,1H3. The molecule has 0 saturated carbocycles. The molecule has 0 spiro atoms. The summed E-state index contributed by atoms with van der Waals surface area (Å²) in [5.74, 6) is 0.741. The van der Waals surface area contributed by atoms with E-state index in [1.54, 1.807) is 6.33 Å². The highest BCUT2D eigenvalue weighted by Crippen LogP contribution is 2.25. The molecule has 0 bridgehead atoms. The molecule has 0 aliphatic carbocycles. The van der Waals surface area contributed by atoms with Gasteiger partial charge in [0.05, 0.1) is 30.3 Å². The lowest BCUT2D eigenvalue weighted by Gasteiger charge is -2.26. The molecule has 0 atom stereocenters. The summed E-state index contributed by atoms with van der Waals surface area (Å²) in [4.78, 5) is 6.45. The van der Waals surface area contributed by atoms with Gasteiger partial charge in [0.25, 0.3) is 0 Å². The molecular weight excluding hydrogens is 340 g/mol. The van der Waals surface area contributed by atoms with Gasteiger partial charge in [0, 0.05) is 46.0 Å². The average molecular weight is 365 g/mol. The molecule has 1 fully saturated rings. The van der Waals surface area contributed by atoms with Gasteiger partial charge in [-0.1, -0.05) is 17.7 Å². The number of imidazole rings is 1. The largest absolute Gasteiger partial charge is 0.491 e. The summed E-state index contributed by atoms with van der Waals surface area (Å²) in [6.07, 6.45) is 3.67. The Hall–Kier alpha value is -1.60. The zero-order valence-electron chi connectivity index (χ0n) is 14.6. The lowest BCUT2D eigenvalue weighted by Crippen LogP contribution is -2.38. The third kappa shape index (κ3) is 5.44. The molecule has 1 aromatic heterocycles. The van der Waals surface area contributed by atoms with E-state index >= 15 is 0 Å². The van der Waals surface area contributed by atoms with Gasteiger partial charge in [-0.15, -0.1) is 0 Å². The molecule has 0 amide bonds. The summed E-state index contributed by atoms with van der Waals surface area (Å²) in [6.45, 7) is 6.61. The van der Waals surface area contributed by atoms with E-state index in [9.17, 15) is 0 Å². The van der Waals surface area contributed by atoms with Crippen LogP contribution in [0, 0.1) is 0 Å². The van der Waals surface area contributed by atoms with E-state index in [2.05, 4.69) is 15.2 Å². The number of hydrogen-bond acceptors (Lipinski definition) is 5. The van der Waals surface area contributed by atoms with Crippen molar-refractivity contribution in [1.29, 1.82) is 0 Å². The third-order valence-electron chi connectivity index (χ3n) is 4.32. The number of hydrogen-bond donors (Lipinski definition) is 1. The molecule has 1 N–H and O–H groups in total. The van der Waals surface area contributed by atoms with Crippen LogP contribution in [0.2, 0.25) is 5.02 Å². The number of aromatic nitrogens is 2. The van der Waals surface area contributed by atoms with E-state index in [1.165, 1.54) is 0 Å². The summed E-state index contributed by atoms with van der Waals surface area (Å²) < 4.78 is 13.2. The van der Waals surface area contributed by atoms with Crippen LogP contribution in [0.1, 0.15) is 11.3 Å². The molecule has 136 valence electrons. The van der Waals surface area contributed by atoms with E-state index in [-0.39, 0.29) is 0 Å². The van der Waals surface area contributed by atoms with Crippen molar-refractivity contribution in [2.75, 3.05) is 39.5 Å². The van der Waals surface area contributed by atoms with E-state index in [1.807, 2.05) is 36.0 Å². The first-order chi connectivity index (χ1) is 12.2. The molecule has 3 rings (SSSR count). The molecule has 1 aliphatic heterocycles. The number of nitrogens with zero attached hydrogens (tertiary/aromatic N) is 3. The van der Waals surface area contributed by atoms with Gasteiger partial charge < -0.3 is 19.4 Å². The van der Waals surface area contributed by atoms with E-state index in [4.69, 9.17) is 21.1 Å². The number of morpholine rings is 1. The van der Waals surface area contributed by atoms with E-state index < -0.39 is 0 Å². The first kappa shape index (κ1) is 18.2. The molecule has 0 radical (unpaired) electrons. The minimum Gasteiger partial charge on any atom is -0.491 e. The van der Waals surface area contributed by atoms with Crippen molar-refractivity contribution in [2.45, 2.75) is 13.1 Å². The Morgan fingerprint density at radius 3 is 2.84 bits per heavy atom. The van der Waals surface area contributed by atoms with Crippen LogP contribution >= 0.6 is 11.6 Å². The van der Waals surface area contributed by atoms with Crippen LogP contribution in [0.15, 0.2) is 30.7 Å². The van der Waals surface area contributed by atoms with Gasteiger partial charge in [-0.05, 0) is 17.7 Å². The highest BCUT2D eigenvalue weighted by atomic mass is 35.5. The maximum atomic E-state index is 6.35. The normalized spacial score (nSPS) is 15.4. The summed E-state index contributed by atoms with van der Waals surface area (Å²) in [5, 5.41) is 4.05. The number of nitrogens with one attached hydrogen (secondary N) is 1. The van der Waals surface area contributed by atoms with Crippen molar-refractivity contribution in [2.24, 2.45) is 7.05 Å². The Bertz CT molecular complexity index is 671. The Morgan fingerprint density at radius 2 is 2.12 bits per heavy atom. The van der Waals surface area contributed by atoms with Crippen LogP contribution in [0.25, 0.3) is 0 Å². The summed E-state index contributed by atoms with van der Waals surface area (Å²) >= 11 is 6.35. The lowest BCUT2D eigenvalue weighted by atomic mass is 10.2. The summed E-state index contributed by atoms with van der Waals surface area (Å²) in [6, 6.07) is 5.96. The van der Waals surface area contributed by atoms with Gasteiger partial charge in [0.15, 0.2) is 0 Å². The van der Waals surface area contributed by atoms with Gasteiger partial charge >= 0.3 is 0 Å². The molecule has 2 aromatic rings. The predicted molar refractivity (Wildman–Crippen MR) is 98.0 cm³/mol. The molecule has 1 saturated heterocycles. The Labute approximate surface area is 153 Å². The zero-order valence-corrected chi connectivity index (χ0v) is 15.3. The number of rotatable bonds is 8. The molecule has 1 aromatic carbocycles. The van der Waals surface area contributed by atoms with Crippen LogP contribution in [-0.2, 0) is 24.9 Å². The molecular formula is C18H25ClN4O2. The van der Waals surface area contributed by atoms with Crippen LogP contribution in [-0.4, -0.2) is 53.9 Å². The van der Waals surface area contributed by atoms with Crippen molar-refractivity contribution in [3.63, 3.8) is 0 Å². The van der Waals surface area contributed by atoms with Gasteiger partial charge in [-0.25, -0.2) is 4.98 Å². The first-order valence-corrected chi connectivity index (χ1v) is 8.97. The topological polar surface area (TPSA) is 51.5 Å². The first-order valence-electron chi connectivity index (χ1n) is 8.59. The molecule has 1 aliphatic rings. The number of ether oxygens (including phenoxy) is 2. The quantitative estimate of drug-likeness (QED) is 0.777. The van der Waals surface area contributed by atoms with Crippen molar-refractivity contribution in [1.82, 2.24) is 19.8 Å². The highest BCUT2D eigenvalue weighted by molar-refractivity contribution is 6.32. The molecule has 25 heavy (non-hydrogen) atoms. The van der Waals surface area contributed by atoms with Crippen LogP contribution in [0.4, 0.5) is 0 Å². The van der Waals surface area contributed by atoms with Crippen LogP contribution in [0.5, 0.6) is 5.75 Å². The number of aryl methyl sites for hydroxylation is 1. The second kappa shape index (κ2) is 9.20. The van der Waals surface area contributed by atoms with Crippen molar-refractivity contribution < 1.29 is 9.47 Å². The van der Waals surface area contributed by atoms with Crippen molar-refractivity contribution in [3.8, 4) is 5.75 Å². The lowest BCUT2D eigenvalue weighted by molar-refractivity contribution is 0.0322. The zero-order chi connectivity index (χ0) is 17.5. The molecule has 0 unspecified atom stereocenters. The summed E-state index contributed by atoms with van der Waals surface area (Å²) in [7, 11) is 1.99. The number of benzene rings is 1. The molecule has 6 nitrogen and oxygen atoms in total. The third-order valence-corrected chi connectivity index (χ3v) is 4.61. The fourth-order valence-electron chi connectivity index (χ4n) is 2.77. The van der Waals surface area contributed by atoms with E-state index in [0.717, 1.165) is 62.9 Å². The molecule has 2 heterocycles. The SMILES string of the molecule is Cn1cncc1CNCc1ccc(OCCN2CCOCC2)c(Cl)c1. The molecule has 7 heteroatoms. The predicted octanol–water partition coefficient (Wildman–Crippen LogP) is 2.07. The second-order valence-corrected chi connectivity index (χ2v) is 6.57. The minimum absolute atomic E-state index is 0.637. The van der Waals surface area contributed by atoms with Crippen molar-refractivity contribution >= 4 is 11.6 Å². The Balaban J connectivity index is 1.42. The maximum absolute atomic E-state index is 6.35. The monoisotopic (exact) mass is 364 g/mol. The van der Waals surface area contributed by atoms with Gasteiger partial charge in [0.2, 0.25) is 0 Å². The highest BCUT2D eigenvalue weighted by Gasteiger charge is 2.10. The smallest absolute Gasteiger partial charge is 0.137 e. The van der Waals surface area contributed by atoms with Gasteiger partial charge in [-0.3, -0.25) is 4.90 Å². The van der Waals surface area contributed by atoms with Crippen LogP contribution in [0.3, 0.4) is 0 Å². The van der Waals surface area contributed by atoms with Crippen molar-refractivity contribution in [3.05, 3.63) is 47.0 Å². The minimum atomic E-state index is 0.637. The maximum Gasteiger partial charge on any atom is 0.137 e. The second-order valence-electron chi connectivity index (χ2n) is 6.17. The van der Waals surface area contributed by atoms with Crippen LogP contribution < -0.4 is 10.1 Å². The Kier molecular flexibility index (Phi) is 6.69. The van der Waals surface area contributed by atoms with E-state index in [0.29, 0.717) is 11.6 Å². The average Bonchev–Trinajstić information content (AvgIpc) is 3.03. The fraction of sp³-hybridized carbons (Fsp3) is 0.500. The van der Waals surface area contributed by atoms with Gasteiger partial charge in [0.1, 0.15) is 12.4 Å². The number of halogens is 1. The fourth-order valence-corrected chi connectivity index (χ4v) is 3.03. The van der Waals surface area contributed by atoms with Gasteiger partial charge in [-0.2, -0.15) is 0 Å².